The Morgan fingerprint density at radius 1 is 1.44 bits per heavy atom. The third-order valence-corrected chi connectivity index (χ3v) is 3.67. The molecule has 3 nitrogen and oxygen atoms in total. The zero-order valence-corrected chi connectivity index (χ0v) is 10.6. The number of hydrogen-bond acceptors (Lipinski definition) is 2. The van der Waals surface area contributed by atoms with Crippen molar-refractivity contribution in [3.63, 3.8) is 0 Å². The average molecular weight is 221 g/mol. The summed E-state index contributed by atoms with van der Waals surface area (Å²) < 4.78 is 2.12. The molecule has 1 saturated carbocycles. The number of nitrogens with one attached hydrogen (secondary N) is 1. The molecule has 1 heterocycles. The second kappa shape index (κ2) is 4.58. The number of hydrogen-bond donors (Lipinski definition) is 1. The molecule has 0 amide bonds. The quantitative estimate of drug-likeness (QED) is 0.845. The standard InChI is InChI=1S/C13H23N3/c1-11-8-13(2,3)9-12(11)15-5-7-16-6-4-14-10-16/h4,6,10-12,15H,5,7-9H2,1-3H3. The minimum Gasteiger partial charge on any atom is -0.336 e. The van der Waals surface area contributed by atoms with Gasteiger partial charge in [0.1, 0.15) is 0 Å². The Kier molecular flexibility index (Phi) is 3.33. The fourth-order valence-electron chi connectivity index (χ4n) is 2.97. The van der Waals surface area contributed by atoms with Crippen LogP contribution in [0.25, 0.3) is 0 Å². The molecule has 16 heavy (non-hydrogen) atoms. The summed E-state index contributed by atoms with van der Waals surface area (Å²) in [6, 6.07) is 0.693. The highest BCUT2D eigenvalue weighted by Gasteiger charge is 2.35. The average Bonchev–Trinajstić information content (AvgIpc) is 2.75. The van der Waals surface area contributed by atoms with Crippen molar-refractivity contribution in [2.75, 3.05) is 6.54 Å². The van der Waals surface area contributed by atoms with E-state index in [1.807, 2.05) is 18.7 Å². The van der Waals surface area contributed by atoms with E-state index in [-0.39, 0.29) is 0 Å². The molecular formula is C13H23N3. The van der Waals surface area contributed by atoms with E-state index in [4.69, 9.17) is 0 Å². The molecule has 0 bridgehead atoms. The lowest BCUT2D eigenvalue weighted by Gasteiger charge is -2.18. The van der Waals surface area contributed by atoms with Gasteiger partial charge in [-0.1, -0.05) is 20.8 Å². The van der Waals surface area contributed by atoms with Crippen LogP contribution in [0.2, 0.25) is 0 Å². The van der Waals surface area contributed by atoms with Gasteiger partial charge < -0.3 is 9.88 Å². The van der Waals surface area contributed by atoms with Gasteiger partial charge in [0.2, 0.25) is 0 Å². The summed E-state index contributed by atoms with van der Waals surface area (Å²) in [6.45, 7) is 9.18. The van der Waals surface area contributed by atoms with Gasteiger partial charge in [-0.05, 0) is 24.2 Å². The molecule has 0 saturated heterocycles. The van der Waals surface area contributed by atoms with E-state index >= 15 is 0 Å². The maximum absolute atomic E-state index is 4.05. The first-order valence-electron chi connectivity index (χ1n) is 6.26. The van der Waals surface area contributed by atoms with Crippen molar-refractivity contribution in [2.24, 2.45) is 11.3 Å². The van der Waals surface area contributed by atoms with Crippen LogP contribution in [0.5, 0.6) is 0 Å². The van der Waals surface area contributed by atoms with E-state index in [2.05, 4.69) is 35.6 Å². The van der Waals surface area contributed by atoms with Crippen molar-refractivity contribution in [1.29, 1.82) is 0 Å². The third kappa shape index (κ3) is 2.85. The zero-order valence-electron chi connectivity index (χ0n) is 10.6. The largest absolute Gasteiger partial charge is 0.336 e. The van der Waals surface area contributed by atoms with E-state index in [0.29, 0.717) is 11.5 Å². The topological polar surface area (TPSA) is 29.9 Å². The van der Waals surface area contributed by atoms with Crippen LogP contribution in [0.1, 0.15) is 33.6 Å². The lowest BCUT2D eigenvalue weighted by atomic mass is 9.91. The summed E-state index contributed by atoms with van der Waals surface area (Å²) in [7, 11) is 0. The summed E-state index contributed by atoms with van der Waals surface area (Å²) >= 11 is 0. The highest BCUT2D eigenvalue weighted by atomic mass is 15.1. The SMILES string of the molecule is CC1CC(C)(C)CC1NCCn1ccnc1. The van der Waals surface area contributed by atoms with Crippen molar-refractivity contribution in [1.82, 2.24) is 14.9 Å². The van der Waals surface area contributed by atoms with Crippen molar-refractivity contribution in [2.45, 2.75) is 46.2 Å². The molecule has 1 fully saturated rings. The first-order chi connectivity index (χ1) is 7.57. The van der Waals surface area contributed by atoms with E-state index in [0.717, 1.165) is 19.0 Å². The lowest BCUT2D eigenvalue weighted by Crippen LogP contribution is -2.33. The van der Waals surface area contributed by atoms with Gasteiger partial charge in [-0.2, -0.15) is 0 Å². The Labute approximate surface area is 98.3 Å². The van der Waals surface area contributed by atoms with Crippen LogP contribution in [-0.4, -0.2) is 22.1 Å². The molecule has 1 aromatic rings. The summed E-state index contributed by atoms with van der Waals surface area (Å²) in [4.78, 5) is 4.05. The first-order valence-corrected chi connectivity index (χ1v) is 6.26. The van der Waals surface area contributed by atoms with Crippen molar-refractivity contribution < 1.29 is 0 Å². The molecule has 3 heteroatoms. The number of imidazole rings is 1. The molecule has 0 spiro atoms. The Bertz CT molecular complexity index is 316. The van der Waals surface area contributed by atoms with Gasteiger partial charge in [0.25, 0.3) is 0 Å². The Balaban J connectivity index is 1.74. The van der Waals surface area contributed by atoms with Crippen molar-refractivity contribution in [3.8, 4) is 0 Å². The van der Waals surface area contributed by atoms with Crippen LogP contribution >= 0.6 is 0 Å². The van der Waals surface area contributed by atoms with Gasteiger partial charge in [-0.3, -0.25) is 0 Å². The highest BCUT2D eigenvalue weighted by molar-refractivity contribution is 4.91. The summed E-state index contributed by atoms with van der Waals surface area (Å²) in [5.41, 5.74) is 0.520. The number of aromatic nitrogens is 2. The molecule has 2 atom stereocenters. The van der Waals surface area contributed by atoms with Gasteiger partial charge in [0.05, 0.1) is 6.33 Å². The Hall–Kier alpha value is -0.830. The fourth-order valence-corrected chi connectivity index (χ4v) is 2.97. The second-order valence-electron chi connectivity index (χ2n) is 5.91. The van der Waals surface area contributed by atoms with Crippen LogP contribution in [0.4, 0.5) is 0 Å². The lowest BCUT2D eigenvalue weighted by molar-refractivity contribution is 0.361. The van der Waals surface area contributed by atoms with E-state index in [1.54, 1.807) is 0 Å². The maximum atomic E-state index is 4.05. The predicted octanol–water partition coefficient (Wildman–Crippen LogP) is 2.30. The first kappa shape index (κ1) is 11.6. The normalized spacial score (nSPS) is 28.4. The maximum Gasteiger partial charge on any atom is 0.0946 e. The van der Waals surface area contributed by atoms with Crippen LogP contribution < -0.4 is 5.32 Å². The van der Waals surface area contributed by atoms with Crippen LogP contribution in [-0.2, 0) is 6.54 Å². The molecule has 2 unspecified atom stereocenters. The summed E-state index contributed by atoms with van der Waals surface area (Å²) in [6.07, 6.45) is 8.38. The number of nitrogens with zero attached hydrogens (tertiary/aromatic N) is 2. The van der Waals surface area contributed by atoms with Crippen LogP contribution in [0.3, 0.4) is 0 Å². The molecule has 1 aliphatic rings. The summed E-state index contributed by atoms with van der Waals surface area (Å²) in [5, 5.41) is 3.68. The molecule has 90 valence electrons. The van der Waals surface area contributed by atoms with Crippen LogP contribution in [0.15, 0.2) is 18.7 Å². The van der Waals surface area contributed by atoms with Crippen molar-refractivity contribution in [3.05, 3.63) is 18.7 Å². The van der Waals surface area contributed by atoms with E-state index in [1.165, 1.54) is 12.8 Å². The Morgan fingerprint density at radius 2 is 2.25 bits per heavy atom. The molecule has 0 aromatic carbocycles. The van der Waals surface area contributed by atoms with Gasteiger partial charge in [0, 0.05) is 31.5 Å². The Morgan fingerprint density at radius 3 is 2.81 bits per heavy atom. The minimum atomic E-state index is 0.520. The molecule has 0 radical (unpaired) electrons. The third-order valence-electron chi connectivity index (χ3n) is 3.67. The van der Waals surface area contributed by atoms with E-state index in [9.17, 15) is 0 Å². The van der Waals surface area contributed by atoms with E-state index < -0.39 is 0 Å². The molecule has 0 aliphatic heterocycles. The molecule has 2 rings (SSSR count). The summed E-state index contributed by atoms with van der Waals surface area (Å²) in [5.74, 6) is 0.804. The smallest absolute Gasteiger partial charge is 0.0946 e. The van der Waals surface area contributed by atoms with Gasteiger partial charge in [-0.15, -0.1) is 0 Å². The monoisotopic (exact) mass is 221 g/mol. The molecular weight excluding hydrogens is 198 g/mol. The second-order valence-corrected chi connectivity index (χ2v) is 5.91. The van der Waals surface area contributed by atoms with Gasteiger partial charge in [-0.25, -0.2) is 4.98 Å². The van der Waals surface area contributed by atoms with Crippen molar-refractivity contribution >= 4 is 0 Å². The number of rotatable bonds is 4. The molecule has 1 N–H and O–H groups in total. The molecule has 1 aromatic heterocycles. The van der Waals surface area contributed by atoms with Crippen LogP contribution in [0, 0.1) is 11.3 Å². The molecule has 1 aliphatic carbocycles. The van der Waals surface area contributed by atoms with Gasteiger partial charge >= 0.3 is 0 Å². The zero-order chi connectivity index (χ0) is 11.6. The predicted molar refractivity (Wildman–Crippen MR) is 66.2 cm³/mol. The van der Waals surface area contributed by atoms with Gasteiger partial charge in [0.15, 0.2) is 0 Å². The fraction of sp³-hybridized carbons (Fsp3) is 0.769. The highest BCUT2D eigenvalue weighted by Crippen LogP contribution is 2.40. The minimum absolute atomic E-state index is 0.520.